The van der Waals surface area contributed by atoms with Crippen molar-refractivity contribution in [2.24, 2.45) is 0 Å². The highest BCUT2D eigenvalue weighted by atomic mass is 16.5. The maximum Gasteiger partial charge on any atom is 0.307 e. The average molecular weight is 554 g/mol. The minimum atomic E-state index is -0.895. The van der Waals surface area contributed by atoms with Crippen molar-refractivity contribution in [2.75, 3.05) is 0 Å². The molecule has 0 spiro atoms. The molecule has 0 bridgehead atoms. The van der Waals surface area contributed by atoms with Gasteiger partial charge >= 0.3 is 5.97 Å². The quantitative estimate of drug-likeness (QED) is 0.209. The predicted molar refractivity (Wildman–Crippen MR) is 162 cm³/mol. The van der Waals surface area contributed by atoms with E-state index in [2.05, 4.69) is 31.0 Å². The van der Waals surface area contributed by atoms with Gasteiger partial charge in [0.25, 0.3) is 5.56 Å². The van der Waals surface area contributed by atoms with E-state index in [4.69, 9.17) is 9.72 Å². The Kier molecular flexibility index (Phi) is 9.71. The first-order valence-electron chi connectivity index (χ1n) is 14.4. The summed E-state index contributed by atoms with van der Waals surface area (Å²) in [6.45, 7) is 10.1. The van der Waals surface area contributed by atoms with Crippen LogP contribution in [0, 0.1) is 13.8 Å². The minimum absolute atomic E-state index is 0.0966. The van der Waals surface area contributed by atoms with Gasteiger partial charge in [-0.1, -0.05) is 70.0 Å². The second-order valence-electron chi connectivity index (χ2n) is 10.4. The molecule has 41 heavy (non-hydrogen) atoms. The molecule has 0 saturated carbocycles. The highest BCUT2D eigenvalue weighted by Crippen LogP contribution is 2.36. The topological polar surface area (TPSA) is 94.3 Å². The van der Waals surface area contributed by atoms with Gasteiger partial charge in [0.15, 0.2) is 0 Å². The van der Waals surface area contributed by atoms with E-state index < -0.39 is 5.97 Å². The van der Waals surface area contributed by atoms with Crippen molar-refractivity contribution in [1.29, 1.82) is 0 Å². The van der Waals surface area contributed by atoms with Crippen molar-refractivity contribution < 1.29 is 14.6 Å². The third kappa shape index (κ3) is 6.73. The molecular weight excluding hydrogens is 514 g/mol. The molecule has 2 aromatic heterocycles. The van der Waals surface area contributed by atoms with Crippen molar-refractivity contribution >= 4 is 5.97 Å². The monoisotopic (exact) mass is 553 g/mol. The SMILES string of the molecule is CCCc1cc(Cc2c(CC)nc(C)n(-c3ccccn3)c2=O)cc(CCC)c1Oc1c(C)cccc1CC(=O)O. The third-order valence-corrected chi connectivity index (χ3v) is 7.20. The van der Waals surface area contributed by atoms with Gasteiger partial charge in [-0.25, -0.2) is 14.5 Å². The van der Waals surface area contributed by atoms with Crippen molar-refractivity contribution in [2.45, 2.75) is 79.6 Å². The Morgan fingerprint density at radius 3 is 2.22 bits per heavy atom. The first kappa shape index (κ1) is 29.7. The molecule has 2 heterocycles. The van der Waals surface area contributed by atoms with E-state index in [0.29, 0.717) is 41.4 Å². The van der Waals surface area contributed by atoms with E-state index in [-0.39, 0.29) is 12.0 Å². The van der Waals surface area contributed by atoms with E-state index in [1.165, 1.54) is 0 Å². The average Bonchev–Trinajstić information content (AvgIpc) is 2.94. The number of aryl methyl sites for hydroxylation is 5. The molecule has 0 saturated heterocycles. The van der Waals surface area contributed by atoms with Crippen LogP contribution in [0.3, 0.4) is 0 Å². The molecular formula is C34H39N3O4. The molecule has 4 rings (SSSR count). The van der Waals surface area contributed by atoms with E-state index >= 15 is 0 Å². The molecule has 214 valence electrons. The molecule has 7 heteroatoms. The van der Waals surface area contributed by atoms with Gasteiger partial charge in [-0.2, -0.15) is 0 Å². The lowest BCUT2D eigenvalue weighted by atomic mass is 9.94. The Morgan fingerprint density at radius 1 is 0.927 bits per heavy atom. The van der Waals surface area contributed by atoms with Gasteiger partial charge in [0.05, 0.1) is 12.1 Å². The molecule has 0 aliphatic heterocycles. The van der Waals surface area contributed by atoms with Gasteiger partial charge in [0.2, 0.25) is 0 Å². The summed E-state index contributed by atoms with van der Waals surface area (Å²) in [6.07, 6.45) is 6.10. The van der Waals surface area contributed by atoms with Gasteiger partial charge in [0.1, 0.15) is 23.1 Å². The summed E-state index contributed by atoms with van der Waals surface area (Å²) >= 11 is 0. The molecule has 0 unspecified atom stereocenters. The van der Waals surface area contributed by atoms with E-state index in [0.717, 1.165) is 59.4 Å². The summed E-state index contributed by atoms with van der Waals surface area (Å²) in [4.78, 5) is 34.7. The van der Waals surface area contributed by atoms with Gasteiger partial charge in [-0.15, -0.1) is 0 Å². The molecule has 2 aromatic carbocycles. The number of aromatic nitrogens is 3. The summed E-state index contributed by atoms with van der Waals surface area (Å²) in [5, 5.41) is 9.49. The number of para-hydroxylation sites is 1. The van der Waals surface area contributed by atoms with Crippen molar-refractivity contribution in [3.05, 3.63) is 110 Å². The van der Waals surface area contributed by atoms with Crippen LogP contribution in [-0.4, -0.2) is 25.6 Å². The first-order chi connectivity index (χ1) is 19.8. The van der Waals surface area contributed by atoms with Crippen LogP contribution in [-0.2, 0) is 36.9 Å². The number of aliphatic carboxylic acids is 1. The second kappa shape index (κ2) is 13.4. The summed E-state index contributed by atoms with van der Waals surface area (Å²) in [6, 6.07) is 15.4. The van der Waals surface area contributed by atoms with Crippen LogP contribution < -0.4 is 10.3 Å². The van der Waals surface area contributed by atoms with Gasteiger partial charge in [0, 0.05) is 23.7 Å². The molecule has 0 amide bonds. The van der Waals surface area contributed by atoms with E-state index in [1.807, 2.05) is 57.2 Å². The fraction of sp³-hybridized carbons (Fsp3) is 0.353. The molecule has 0 atom stereocenters. The minimum Gasteiger partial charge on any atom is -0.481 e. The molecule has 0 radical (unpaired) electrons. The Hall–Kier alpha value is -4.26. The Balaban J connectivity index is 1.84. The van der Waals surface area contributed by atoms with Crippen LogP contribution in [0.5, 0.6) is 11.5 Å². The number of carboxylic acids is 1. The number of hydrogen-bond donors (Lipinski definition) is 1. The van der Waals surface area contributed by atoms with Crippen LogP contribution in [0.4, 0.5) is 0 Å². The maximum atomic E-state index is 13.9. The molecule has 1 N–H and O–H groups in total. The van der Waals surface area contributed by atoms with Crippen LogP contribution in [0.15, 0.2) is 59.5 Å². The molecule has 0 fully saturated rings. The van der Waals surface area contributed by atoms with Crippen LogP contribution in [0.1, 0.15) is 78.5 Å². The zero-order chi connectivity index (χ0) is 29.5. The molecule has 0 aliphatic carbocycles. The van der Waals surface area contributed by atoms with Crippen LogP contribution in [0.2, 0.25) is 0 Å². The first-order valence-corrected chi connectivity index (χ1v) is 14.4. The number of hydrogen-bond acceptors (Lipinski definition) is 5. The lowest BCUT2D eigenvalue weighted by Gasteiger charge is -2.21. The number of carbonyl (C=O) groups is 1. The number of benzene rings is 2. The van der Waals surface area contributed by atoms with Crippen molar-refractivity contribution in [1.82, 2.24) is 14.5 Å². The highest BCUT2D eigenvalue weighted by molar-refractivity contribution is 5.72. The van der Waals surface area contributed by atoms with E-state index in [1.54, 1.807) is 10.8 Å². The predicted octanol–water partition coefficient (Wildman–Crippen LogP) is 6.72. The maximum absolute atomic E-state index is 13.9. The smallest absolute Gasteiger partial charge is 0.307 e. The standard InChI is InChI=1S/C34H39N3O4/c1-6-12-25-18-24(20-28-29(8-3)36-23(5)37(34(28)40)30-16-9-10-17-35-30)19-26(13-7-2)33(25)41-32-22(4)14-11-15-27(32)21-31(38)39/h9-11,14-19H,6-8,12-13,20-21H2,1-5H3,(H,38,39). The lowest BCUT2D eigenvalue weighted by molar-refractivity contribution is -0.136. The zero-order valence-corrected chi connectivity index (χ0v) is 24.7. The molecule has 0 aliphatic rings. The molecule has 4 aromatic rings. The lowest BCUT2D eigenvalue weighted by Crippen LogP contribution is -2.28. The number of rotatable bonds is 12. The second-order valence-corrected chi connectivity index (χ2v) is 10.4. The van der Waals surface area contributed by atoms with Crippen LogP contribution >= 0.6 is 0 Å². The van der Waals surface area contributed by atoms with Gasteiger partial charge in [-0.05, 0) is 67.5 Å². The summed E-state index contributed by atoms with van der Waals surface area (Å²) in [7, 11) is 0. The Labute approximate surface area is 241 Å². The van der Waals surface area contributed by atoms with Gasteiger partial charge < -0.3 is 9.84 Å². The highest BCUT2D eigenvalue weighted by Gasteiger charge is 2.20. The number of pyridine rings is 1. The Morgan fingerprint density at radius 2 is 1.63 bits per heavy atom. The zero-order valence-electron chi connectivity index (χ0n) is 24.7. The largest absolute Gasteiger partial charge is 0.481 e. The fourth-order valence-corrected chi connectivity index (χ4v) is 5.38. The summed E-state index contributed by atoms with van der Waals surface area (Å²) in [5.74, 6) is 1.68. The Bertz CT molecular complexity index is 1570. The normalized spacial score (nSPS) is 11.0. The number of ether oxygens (including phenoxy) is 1. The summed E-state index contributed by atoms with van der Waals surface area (Å²) in [5.41, 5.74) is 6.07. The molecule has 7 nitrogen and oxygen atoms in total. The fourth-order valence-electron chi connectivity index (χ4n) is 5.38. The third-order valence-electron chi connectivity index (χ3n) is 7.20. The number of nitrogens with zero attached hydrogens (tertiary/aromatic N) is 3. The van der Waals surface area contributed by atoms with Crippen molar-refractivity contribution in [3.63, 3.8) is 0 Å². The van der Waals surface area contributed by atoms with Crippen molar-refractivity contribution in [3.8, 4) is 17.3 Å². The summed E-state index contributed by atoms with van der Waals surface area (Å²) < 4.78 is 8.22. The number of carboxylic acid groups (broad SMARTS) is 1. The van der Waals surface area contributed by atoms with E-state index in [9.17, 15) is 14.7 Å². The van der Waals surface area contributed by atoms with Gasteiger partial charge in [-0.3, -0.25) is 9.59 Å². The van der Waals surface area contributed by atoms with Crippen LogP contribution in [0.25, 0.3) is 5.82 Å².